The maximum Gasteiger partial charge on any atom is 0.355 e. The first kappa shape index (κ1) is 15.9. The summed E-state index contributed by atoms with van der Waals surface area (Å²) in [4.78, 5) is 37.2. The Morgan fingerprint density at radius 1 is 1.20 bits per heavy atom. The highest BCUT2D eigenvalue weighted by molar-refractivity contribution is 5.94. The van der Waals surface area contributed by atoms with Crippen LogP contribution >= 0.6 is 0 Å². The SMILES string of the molecule is CCOC(=O)CCc1c(C(=O)OCC)[nH]c(C)c1C=O. The lowest BCUT2D eigenvalue weighted by Gasteiger charge is -2.05. The lowest BCUT2D eigenvalue weighted by atomic mass is 10.0. The quantitative estimate of drug-likeness (QED) is 0.608. The molecule has 6 nitrogen and oxygen atoms in total. The number of esters is 2. The van der Waals surface area contributed by atoms with E-state index in [9.17, 15) is 14.4 Å². The van der Waals surface area contributed by atoms with Crippen LogP contribution in [0.3, 0.4) is 0 Å². The van der Waals surface area contributed by atoms with Crippen LogP contribution in [0.1, 0.15) is 52.4 Å². The average Bonchev–Trinajstić information content (AvgIpc) is 2.73. The second-order valence-electron chi connectivity index (χ2n) is 4.16. The molecule has 0 saturated heterocycles. The van der Waals surface area contributed by atoms with Crippen LogP contribution in [0.5, 0.6) is 0 Å². The summed E-state index contributed by atoms with van der Waals surface area (Å²) >= 11 is 0. The average molecular weight is 281 g/mol. The van der Waals surface area contributed by atoms with E-state index in [0.29, 0.717) is 29.7 Å². The van der Waals surface area contributed by atoms with Gasteiger partial charge in [0.05, 0.1) is 13.2 Å². The van der Waals surface area contributed by atoms with Gasteiger partial charge in [-0.25, -0.2) is 4.79 Å². The Morgan fingerprint density at radius 2 is 1.85 bits per heavy atom. The van der Waals surface area contributed by atoms with Crippen molar-refractivity contribution in [3.63, 3.8) is 0 Å². The van der Waals surface area contributed by atoms with E-state index in [0.717, 1.165) is 0 Å². The number of rotatable bonds is 7. The molecular weight excluding hydrogens is 262 g/mol. The first-order valence-corrected chi connectivity index (χ1v) is 6.54. The van der Waals surface area contributed by atoms with Gasteiger partial charge in [-0.1, -0.05) is 0 Å². The first-order chi connectivity index (χ1) is 9.54. The van der Waals surface area contributed by atoms with E-state index < -0.39 is 5.97 Å². The summed E-state index contributed by atoms with van der Waals surface area (Å²) in [6.07, 6.45) is 1.04. The molecule has 1 aromatic heterocycles. The highest BCUT2D eigenvalue weighted by atomic mass is 16.5. The predicted molar refractivity (Wildman–Crippen MR) is 71.8 cm³/mol. The number of aldehydes is 1. The van der Waals surface area contributed by atoms with Crippen LogP contribution in [-0.4, -0.2) is 36.4 Å². The zero-order valence-electron chi connectivity index (χ0n) is 11.9. The number of hydrogen-bond acceptors (Lipinski definition) is 5. The van der Waals surface area contributed by atoms with Crippen LogP contribution in [0, 0.1) is 6.92 Å². The molecule has 6 heteroatoms. The summed E-state index contributed by atoms with van der Waals surface area (Å²) < 4.78 is 9.77. The summed E-state index contributed by atoms with van der Waals surface area (Å²) in [5.41, 5.74) is 1.72. The van der Waals surface area contributed by atoms with E-state index in [1.165, 1.54) is 0 Å². The number of carbonyl (C=O) groups excluding carboxylic acids is 3. The number of aryl methyl sites for hydroxylation is 1. The minimum Gasteiger partial charge on any atom is -0.466 e. The smallest absolute Gasteiger partial charge is 0.355 e. The largest absolute Gasteiger partial charge is 0.466 e. The molecule has 0 atom stereocenters. The van der Waals surface area contributed by atoms with Crippen LogP contribution in [0.2, 0.25) is 0 Å². The van der Waals surface area contributed by atoms with Crippen molar-refractivity contribution in [1.29, 1.82) is 0 Å². The second kappa shape index (κ2) is 7.47. The maximum atomic E-state index is 11.8. The second-order valence-corrected chi connectivity index (χ2v) is 4.16. The van der Waals surface area contributed by atoms with Crippen molar-refractivity contribution < 1.29 is 23.9 Å². The zero-order chi connectivity index (χ0) is 15.1. The van der Waals surface area contributed by atoms with Crippen LogP contribution in [-0.2, 0) is 20.7 Å². The third-order valence-electron chi connectivity index (χ3n) is 2.83. The number of aromatic nitrogens is 1. The van der Waals surface area contributed by atoms with Gasteiger partial charge in [-0.05, 0) is 32.8 Å². The fraction of sp³-hybridized carbons (Fsp3) is 0.500. The fourth-order valence-electron chi connectivity index (χ4n) is 1.95. The zero-order valence-corrected chi connectivity index (χ0v) is 11.9. The van der Waals surface area contributed by atoms with Crippen LogP contribution in [0.4, 0.5) is 0 Å². The van der Waals surface area contributed by atoms with E-state index in [1.807, 2.05) is 0 Å². The summed E-state index contributed by atoms with van der Waals surface area (Å²) in [6.45, 7) is 5.66. The minimum atomic E-state index is -0.525. The molecule has 20 heavy (non-hydrogen) atoms. The molecule has 0 fully saturated rings. The Bertz CT molecular complexity index is 504. The third-order valence-corrected chi connectivity index (χ3v) is 2.83. The molecule has 0 amide bonds. The molecule has 0 aliphatic carbocycles. The third kappa shape index (κ3) is 3.69. The fourth-order valence-corrected chi connectivity index (χ4v) is 1.95. The molecule has 110 valence electrons. The topological polar surface area (TPSA) is 85.5 Å². The molecule has 0 bridgehead atoms. The molecule has 0 aliphatic rings. The van der Waals surface area contributed by atoms with Crippen LogP contribution in [0.25, 0.3) is 0 Å². The van der Waals surface area contributed by atoms with Crippen molar-refractivity contribution in [2.45, 2.75) is 33.6 Å². The monoisotopic (exact) mass is 281 g/mol. The van der Waals surface area contributed by atoms with Gasteiger partial charge in [-0.3, -0.25) is 9.59 Å². The maximum absolute atomic E-state index is 11.8. The highest BCUT2D eigenvalue weighted by Gasteiger charge is 2.21. The number of aromatic amines is 1. The summed E-state index contributed by atoms with van der Waals surface area (Å²) in [7, 11) is 0. The van der Waals surface area contributed by atoms with Crippen LogP contribution in [0.15, 0.2) is 0 Å². The minimum absolute atomic E-state index is 0.110. The van der Waals surface area contributed by atoms with Gasteiger partial charge in [0.1, 0.15) is 5.69 Å². The Labute approximate surface area is 117 Å². The number of H-pyrrole nitrogens is 1. The normalized spacial score (nSPS) is 10.2. The van der Waals surface area contributed by atoms with Gasteiger partial charge in [0.2, 0.25) is 0 Å². The molecule has 1 heterocycles. The molecule has 0 aromatic carbocycles. The number of carbonyl (C=O) groups is 3. The van der Waals surface area contributed by atoms with E-state index in [2.05, 4.69) is 4.98 Å². The molecule has 0 aliphatic heterocycles. The number of nitrogens with one attached hydrogen (secondary N) is 1. The van der Waals surface area contributed by atoms with Crippen molar-refractivity contribution in [1.82, 2.24) is 4.98 Å². The van der Waals surface area contributed by atoms with Gasteiger partial charge in [-0.2, -0.15) is 0 Å². The standard InChI is InChI=1S/C14H19NO5/c1-4-19-12(17)7-6-10-11(8-16)9(3)15-13(10)14(18)20-5-2/h8,15H,4-7H2,1-3H3. The van der Waals surface area contributed by atoms with Gasteiger partial charge in [-0.15, -0.1) is 0 Å². The summed E-state index contributed by atoms with van der Waals surface area (Å²) in [5.74, 6) is -0.888. The van der Waals surface area contributed by atoms with Gasteiger partial charge >= 0.3 is 11.9 Å². The number of ether oxygens (including phenoxy) is 2. The van der Waals surface area contributed by atoms with Crippen molar-refractivity contribution in [2.24, 2.45) is 0 Å². The van der Waals surface area contributed by atoms with Gasteiger partial charge < -0.3 is 14.5 Å². The Kier molecular flexibility index (Phi) is 5.96. The van der Waals surface area contributed by atoms with E-state index >= 15 is 0 Å². The molecular formula is C14H19NO5. The van der Waals surface area contributed by atoms with Gasteiger partial charge in [0, 0.05) is 17.7 Å². The Balaban J connectivity index is 2.98. The Morgan fingerprint density at radius 3 is 2.40 bits per heavy atom. The van der Waals surface area contributed by atoms with E-state index in [-0.39, 0.29) is 31.1 Å². The summed E-state index contributed by atoms with van der Waals surface area (Å²) in [5, 5.41) is 0. The molecule has 1 N–H and O–H groups in total. The first-order valence-electron chi connectivity index (χ1n) is 6.54. The number of hydrogen-bond donors (Lipinski definition) is 1. The molecule has 1 rings (SSSR count). The Hall–Kier alpha value is -2.11. The van der Waals surface area contributed by atoms with Crippen LogP contribution < -0.4 is 0 Å². The lowest BCUT2D eigenvalue weighted by molar-refractivity contribution is -0.143. The van der Waals surface area contributed by atoms with Gasteiger partial charge in [0.25, 0.3) is 0 Å². The highest BCUT2D eigenvalue weighted by Crippen LogP contribution is 2.20. The lowest BCUT2D eigenvalue weighted by Crippen LogP contribution is -2.11. The van der Waals surface area contributed by atoms with Crippen molar-refractivity contribution in [3.8, 4) is 0 Å². The molecule has 0 radical (unpaired) electrons. The van der Waals surface area contributed by atoms with E-state index in [1.54, 1.807) is 20.8 Å². The summed E-state index contributed by atoms with van der Waals surface area (Å²) in [6, 6.07) is 0. The van der Waals surface area contributed by atoms with Crippen molar-refractivity contribution >= 4 is 18.2 Å². The van der Waals surface area contributed by atoms with Gasteiger partial charge in [0.15, 0.2) is 6.29 Å². The molecule has 1 aromatic rings. The predicted octanol–water partition coefficient (Wildman–Crippen LogP) is 1.81. The molecule has 0 saturated carbocycles. The van der Waals surface area contributed by atoms with Crippen molar-refractivity contribution in [2.75, 3.05) is 13.2 Å². The van der Waals surface area contributed by atoms with E-state index in [4.69, 9.17) is 9.47 Å². The molecule has 0 spiro atoms. The van der Waals surface area contributed by atoms with Crippen molar-refractivity contribution in [3.05, 3.63) is 22.5 Å². The molecule has 0 unspecified atom stereocenters.